The minimum Gasteiger partial charge on any atom is -0.436 e. The zero-order valence-electron chi connectivity index (χ0n) is 12.2. The first-order chi connectivity index (χ1) is 11.2. The number of anilines is 1. The normalized spacial score (nSPS) is 9.87. The zero-order valence-corrected chi connectivity index (χ0v) is 12.2. The molecule has 1 aromatic heterocycles. The van der Waals surface area contributed by atoms with Crippen LogP contribution in [0.4, 0.5) is 5.69 Å². The maximum atomic E-state index is 8.65. The largest absolute Gasteiger partial charge is 0.436 e. The maximum absolute atomic E-state index is 8.65. The van der Waals surface area contributed by atoms with Crippen LogP contribution in [0.3, 0.4) is 0 Å². The fourth-order valence-corrected chi connectivity index (χ4v) is 2.01. The lowest BCUT2D eigenvalue weighted by Gasteiger charge is -1.98. The van der Waals surface area contributed by atoms with Crippen molar-refractivity contribution in [2.45, 2.75) is 6.92 Å². The Morgan fingerprint density at radius 1 is 1.13 bits per heavy atom. The number of nitrogens with one attached hydrogen (secondary N) is 1. The molecule has 1 heterocycles. The van der Waals surface area contributed by atoms with Crippen LogP contribution >= 0.6 is 0 Å². The van der Waals surface area contributed by atoms with Gasteiger partial charge in [-0.05, 0) is 31.2 Å². The van der Waals surface area contributed by atoms with Gasteiger partial charge in [-0.25, -0.2) is 4.98 Å². The fourth-order valence-electron chi connectivity index (χ4n) is 2.01. The van der Waals surface area contributed by atoms with Crippen molar-refractivity contribution in [3.63, 3.8) is 0 Å². The van der Waals surface area contributed by atoms with E-state index in [1.165, 1.54) is 5.56 Å². The first kappa shape index (κ1) is 14.3. The van der Waals surface area contributed by atoms with E-state index < -0.39 is 0 Å². The summed E-state index contributed by atoms with van der Waals surface area (Å²) < 4.78 is 5.76. The van der Waals surface area contributed by atoms with Gasteiger partial charge in [-0.3, -0.25) is 5.43 Å². The molecule has 0 radical (unpaired) electrons. The minimum atomic E-state index is -0.247. The van der Waals surface area contributed by atoms with Crippen molar-refractivity contribution in [1.29, 1.82) is 10.5 Å². The lowest BCUT2D eigenvalue weighted by Crippen LogP contribution is -1.95. The van der Waals surface area contributed by atoms with Crippen molar-refractivity contribution in [2.24, 2.45) is 5.10 Å². The summed E-state index contributed by atoms with van der Waals surface area (Å²) in [5.41, 5.74) is 6.38. The molecule has 0 spiro atoms. The van der Waals surface area contributed by atoms with E-state index in [2.05, 4.69) is 15.5 Å². The third-order valence-corrected chi connectivity index (χ3v) is 3.20. The molecule has 23 heavy (non-hydrogen) atoms. The second kappa shape index (κ2) is 6.00. The SMILES string of the molecule is Cc1ccc(-c2nc3ccc(NN=C(C#N)C#N)cc3o2)cc1. The Morgan fingerprint density at radius 2 is 1.87 bits per heavy atom. The number of aromatic nitrogens is 1. The van der Waals surface area contributed by atoms with Crippen molar-refractivity contribution < 1.29 is 4.42 Å². The minimum absolute atomic E-state index is 0.247. The van der Waals surface area contributed by atoms with Crippen molar-refractivity contribution in [1.82, 2.24) is 4.98 Å². The highest BCUT2D eigenvalue weighted by Gasteiger charge is 2.08. The molecule has 3 aromatic rings. The molecule has 0 atom stereocenters. The van der Waals surface area contributed by atoms with Crippen LogP contribution in [0, 0.1) is 29.6 Å². The average molecular weight is 301 g/mol. The molecule has 0 saturated heterocycles. The summed E-state index contributed by atoms with van der Waals surface area (Å²) in [6, 6.07) is 16.5. The number of benzene rings is 2. The molecular formula is C17H11N5O. The zero-order chi connectivity index (χ0) is 16.2. The molecule has 1 N–H and O–H groups in total. The Bertz CT molecular complexity index is 955. The summed E-state index contributed by atoms with van der Waals surface area (Å²) in [4.78, 5) is 4.45. The monoisotopic (exact) mass is 301 g/mol. The molecule has 6 heteroatoms. The van der Waals surface area contributed by atoms with Gasteiger partial charge in [-0.2, -0.15) is 15.6 Å². The summed E-state index contributed by atoms with van der Waals surface area (Å²) in [7, 11) is 0. The van der Waals surface area contributed by atoms with Gasteiger partial charge in [-0.1, -0.05) is 17.7 Å². The number of hydrazone groups is 1. The molecule has 6 nitrogen and oxygen atoms in total. The number of rotatable bonds is 3. The number of hydrogen-bond donors (Lipinski definition) is 1. The Morgan fingerprint density at radius 3 is 2.57 bits per heavy atom. The van der Waals surface area contributed by atoms with E-state index in [4.69, 9.17) is 14.9 Å². The van der Waals surface area contributed by atoms with Crippen LogP contribution in [0.15, 0.2) is 52.0 Å². The van der Waals surface area contributed by atoms with Crippen molar-refractivity contribution >= 4 is 22.5 Å². The molecule has 0 bridgehead atoms. The summed E-state index contributed by atoms with van der Waals surface area (Å²) >= 11 is 0. The van der Waals surface area contributed by atoms with E-state index in [1.807, 2.05) is 31.2 Å². The highest BCUT2D eigenvalue weighted by Crippen LogP contribution is 2.26. The van der Waals surface area contributed by atoms with Crippen LogP contribution in [-0.4, -0.2) is 10.7 Å². The maximum Gasteiger partial charge on any atom is 0.237 e. The highest BCUT2D eigenvalue weighted by atomic mass is 16.3. The third kappa shape index (κ3) is 3.02. The van der Waals surface area contributed by atoms with Crippen LogP contribution in [0.5, 0.6) is 0 Å². The molecule has 110 valence electrons. The molecule has 0 unspecified atom stereocenters. The lowest BCUT2D eigenvalue weighted by molar-refractivity contribution is 0.620. The fraction of sp³-hybridized carbons (Fsp3) is 0.0588. The van der Waals surface area contributed by atoms with Crippen LogP contribution < -0.4 is 5.43 Å². The van der Waals surface area contributed by atoms with E-state index in [1.54, 1.807) is 30.3 Å². The second-order valence-electron chi connectivity index (χ2n) is 4.86. The van der Waals surface area contributed by atoms with Gasteiger partial charge in [0.2, 0.25) is 11.6 Å². The van der Waals surface area contributed by atoms with Gasteiger partial charge in [0.05, 0.1) is 5.69 Å². The number of hydrogen-bond acceptors (Lipinski definition) is 6. The van der Waals surface area contributed by atoms with Gasteiger partial charge in [0.1, 0.15) is 17.7 Å². The third-order valence-electron chi connectivity index (χ3n) is 3.20. The summed E-state index contributed by atoms with van der Waals surface area (Å²) in [6.45, 7) is 2.02. The number of nitrogens with zero attached hydrogens (tertiary/aromatic N) is 4. The number of fused-ring (bicyclic) bond motifs is 1. The number of nitriles is 2. The quantitative estimate of drug-likeness (QED) is 0.588. The van der Waals surface area contributed by atoms with Crippen molar-refractivity contribution in [2.75, 3.05) is 5.43 Å². The summed E-state index contributed by atoms with van der Waals surface area (Å²) in [6.07, 6.45) is 0. The van der Waals surface area contributed by atoms with Gasteiger partial charge < -0.3 is 4.42 Å². The van der Waals surface area contributed by atoms with E-state index in [0.29, 0.717) is 17.2 Å². The molecule has 2 aromatic carbocycles. The lowest BCUT2D eigenvalue weighted by atomic mass is 10.1. The van der Waals surface area contributed by atoms with Crippen molar-refractivity contribution in [3.05, 3.63) is 48.0 Å². The Balaban J connectivity index is 1.92. The molecule has 0 aliphatic carbocycles. The van der Waals surface area contributed by atoms with E-state index in [-0.39, 0.29) is 5.71 Å². The molecule has 0 fully saturated rings. The second-order valence-corrected chi connectivity index (χ2v) is 4.86. The Labute approximate surface area is 132 Å². The standard InChI is InChI=1S/C17H11N5O/c1-11-2-4-12(5-3-11)17-20-15-7-6-13(8-16(15)23-17)21-22-14(9-18)10-19/h2-8,21H,1H3. The number of oxazole rings is 1. The molecule has 0 aliphatic rings. The van der Waals surface area contributed by atoms with Gasteiger partial charge in [0, 0.05) is 11.6 Å². The summed E-state index contributed by atoms with van der Waals surface area (Å²) in [5, 5.41) is 21.0. The van der Waals surface area contributed by atoms with Gasteiger partial charge in [-0.15, -0.1) is 0 Å². The van der Waals surface area contributed by atoms with Crippen LogP contribution in [0.25, 0.3) is 22.6 Å². The van der Waals surface area contributed by atoms with E-state index in [0.717, 1.165) is 11.1 Å². The van der Waals surface area contributed by atoms with Crippen molar-refractivity contribution in [3.8, 4) is 23.6 Å². The smallest absolute Gasteiger partial charge is 0.237 e. The van der Waals surface area contributed by atoms with Gasteiger partial charge in [0.15, 0.2) is 5.58 Å². The predicted molar refractivity (Wildman–Crippen MR) is 86.5 cm³/mol. The van der Waals surface area contributed by atoms with E-state index in [9.17, 15) is 0 Å². The Hall–Kier alpha value is -3.64. The van der Waals surface area contributed by atoms with Crippen LogP contribution in [0.2, 0.25) is 0 Å². The highest BCUT2D eigenvalue weighted by molar-refractivity contribution is 6.10. The van der Waals surface area contributed by atoms with Crippen LogP contribution in [-0.2, 0) is 0 Å². The number of aryl methyl sites for hydroxylation is 1. The molecule has 3 rings (SSSR count). The molecule has 0 saturated carbocycles. The molecule has 0 amide bonds. The Kier molecular flexibility index (Phi) is 3.73. The van der Waals surface area contributed by atoms with Crippen LogP contribution in [0.1, 0.15) is 5.56 Å². The average Bonchev–Trinajstić information content (AvgIpc) is 2.99. The first-order valence-electron chi connectivity index (χ1n) is 6.81. The topological polar surface area (TPSA) is 98.0 Å². The van der Waals surface area contributed by atoms with Gasteiger partial charge >= 0.3 is 0 Å². The van der Waals surface area contributed by atoms with E-state index >= 15 is 0 Å². The molecule has 0 aliphatic heterocycles. The predicted octanol–water partition coefficient (Wildman–Crippen LogP) is 3.62. The van der Waals surface area contributed by atoms with Gasteiger partial charge in [0.25, 0.3) is 0 Å². The molecular weight excluding hydrogens is 290 g/mol. The summed E-state index contributed by atoms with van der Waals surface area (Å²) in [5.74, 6) is 0.537. The first-order valence-corrected chi connectivity index (χ1v) is 6.81.